The number of carbonyl (C=O) groups excluding carboxylic acids is 2. The zero-order valence-electron chi connectivity index (χ0n) is 15.8. The summed E-state index contributed by atoms with van der Waals surface area (Å²) in [5.74, 6) is 0.0894. The second kappa shape index (κ2) is 8.98. The number of piperazine rings is 1. The molecule has 10 nitrogen and oxygen atoms in total. The lowest BCUT2D eigenvalue weighted by atomic mass is 10.2. The average Bonchev–Trinajstić information content (AvgIpc) is 3.22. The molecule has 2 aliphatic rings. The van der Waals surface area contributed by atoms with Crippen LogP contribution in [0.4, 0.5) is 11.4 Å². The van der Waals surface area contributed by atoms with Gasteiger partial charge in [0.15, 0.2) is 0 Å². The lowest BCUT2D eigenvalue weighted by Gasteiger charge is -2.35. The summed E-state index contributed by atoms with van der Waals surface area (Å²) in [6, 6.07) is 4.04. The number of hydrogen-bond donors (Lipinski definition) is 1. The summed E-state index contributed by atoms with van der Waals surface area (Å²) in [6.07, 6.45) is 1.36. The van der Waals surface area contributed by atoms with Gasteiger partial charge >= 0.3 is 0 Å². The molecule has 2 aliphatic heterocycles. The smallest absolute Gasteiger partial charge is 0.271 e. The van der Waals surface area contributed by atoms with Gasteiger partial charge in [0.25, 0.3) is 11.6 Å². The number of carbonyl (C=O) groups is 2. The number of nitrogens with zero attached hydrogens (tertiary/aromatic N) is 3. The van der Waals surface area contributed by atoms with Crippen LogP contribution in [0, 0.1) is 10.1 Å². The zero-order chi connectivity index (χ0) is 20.1. The molecule has 1 atom stereocenters. The van der Waals surface area contributed by atoms with Crippen LogP contribution >= 0.6 is 0 Å². The van der Waals surface area contributed by atoms with Gasteiger partial charge in [0.1, 0.15) is 11.9 Å². The van der Waals surface area contributed by atoms with Crippen LogP contribution in [0.3, 0.4) is 0 Å². The molecule has 10 heteroatoms. The number of ether oxygens (including phenoxy) is 2. The van der Waals surface area contributed by atoms with E-state index in [1.165, 1.54) is 25.3 Å². The maximum atomic E-state index is 12.4. The number of methoxy groups -OCH3 is 1. The summed E-state index contributed by atoms with van der Waals surface area (Å²) in [5.41, 5.74) is 0.131. The normalized spacial score (nSPS) is 20.0. The number of nitro benzene ring substituents is 1. The fourth-order valence-electron chi connectivity index (χ4n) is 3.40. The maximum absolute atomic E-state index is 12.4. The van der Waals surface area contributed by atoms with Gasteiger partial charge in [-0.25, -0.2) is 0 Å². The molecule has 2 heterocycles. The van der Waals surface area contributed by atoms with Crippen LogP contribution in [0.2, 0.25) is 0 Å². The molecule has 0 saturated carbocycles. The van der Waals surface area contributed by atoms with Crippen molar-refractivity contribution in [2.45, 2.75) is 18.9 Å². The Morgan fingerprint density at radius 1 is 1.32 bits per heavy atom. The molecule has 0 aromatic heterocycles. The van der Waals surface area contributed by atoms with Crippen LogP contribution < -0.4 is 10.1 Å². The molecule has 1 N–H and O–H groups in total. The summed E-state index contributed by atoms with van der Waals surface area (Å²) < 4.78 is 10.6. The van der Waals surface area contributed by atoms with Crippen LogP contribution in [-0.4, -0.2) is 79.1 Å². The third-order valence-electron chi connectivity index (χ3n) is 4.92. The Hall–Kier alpha value is -2.72. The zero-order valence-corrected chi connectivity index (χ0v) is 15.8. The Bertz CT molecular complexity index is 742. The SMILES string of the molecule is COc1ccc([N+](=O)[O-])cc1NC(=O)CN1CCN(C(=O)[C@H]2CCCO2)CC1. The molecule has 0 spiro atoms. The van der Waals surface area contributed by atoms with E-state index < -0.39 is 4.92 Å². The predicted octanol–water partition coefficient (Wildman–Crippen LogP) is 0.865. The molecule has 0 bridgehead atoms. The Labute approximate surface area is 162 Å². The van der Waals surface area contributed by atoms with Crippen LogP contribution in [0.15, 0.2) is 18.2 Å². The summed E-state index contributed by atoms with van der Waals surface area (Å²) >= 11 is 0. The number of nitrogens with one attached hydrogen (secondary N) is 1. The quantitative estimate of drug-likeness (QED) is 0.564. The van der Waals surface area contributed by atoms with Gasteiger partial charge in [0.05, 0.1) is 24.3 Å². The Morgan fingerprint density at radius 3 is 2.68 bits per heavy atom. The second-order valence-corrected chi connectivity index (χ2v) is 6.79. The van der Waals surface area contributed by atoms with E-state index in [4.69, 9.17) is 9.47 Å². The first-order valence-electron chi connectivity index (χ1n) is 9.23. The molecular weight excluding hydrogens is 368 g/mol. The minimum absolute atomic E-state index is 0.0305. The van der Waals surface area contributed by atoms with Crippen molar-refractivity contribution in [3.8, 4) is 5.75 Å². The van der Waals surface area contributed by atoms with Gasteiger partial charge in [-0.1, -0.05) is 0 Å². The highest BCUT2D eigenvalue weighted by Crippen LogP contribution is 2.28. The average molecular weight is 392 g/mol. The van der Waals surface area contributed by atoms with Gasteiger partial charge in [-0.05, 0) is 18.9 Å². The first-order chi connectivity index (χ1) is 13.5. The van der Waals surface area contributed by atoms with Crippen molar-refractivity contribution >= 4 is 23.2 Å². The Morgan fingerprint density at radius 2 is 2.07 bits per heavy atom. The summed E-state index contributed by atoms with van der Waals surface area (Å²) in [5, 5.41) is 13.6. The van der Waals surface area contributed by atoms with E-state index in [2.05, 4.69) is 5.32 Å². The summed E-state index contributed by atoms with van der Waals surface area (Å²) in [7, 11) is 1.43. The van der Waals surface area contributed by atoms with E-state index >= 15 is 0 Å². The van der Waals surface area contributed by atoms with E-state index in [0.717, 1.165) is 12.8 Å². The van der Waals surface area contributed by atoms with Gasteiger partial charge in [-0.15, -0.1) is 0 Å². The molecule has 1 aromatic rings. The Balaban J connectivity index is 1.51. The number of anilines is 1. The van der Waals surface area contributed by atoms with Gasteiger partial charge in [0, 0.05) is 44.9 Å². The minimum Gasteiger partial charge on any atom is -0.495 e. The molecule has 152 valence electrons. The lowest BCUT2D eigenvalue weighted by molar-refractivity contribution is -0.384. The second-order valence-electron chi connectivity index (χ2n) is 6.79. The van der Waals surface area contributed by atoms with Gasteiger partial charge in [-0.2, -0.15) is 0 Å². The van der Waals surface area contributed by atoms with Crippen molar-refractivity contribution in [1.29, 1.82) is 0 Å². The molecule has 0 radical (unpaired) electrons. The van der Waals surface area contributed by atoms with Crippen molar-refractivity contribution < 1.29 is 24.0 Å². The molecular formula is C18H24N4O6. The highest BCUT2D eigenvalue weighted by atomic mass is 16.6. The molecule has 2 fully saturated rings. The van der Waals surface area contributed by atoms with Crippen molar-refractivity contribution in [3.05, 3.63) is 28.3 Å². The monoisotopic (exact) mass is 392 g/mol. The highest BCUT2D eigenvalue weighted by Gasteiger charge is 2.30. The van der Waals surface area contributed by atoms with E-state index in [1.807, 2.05) is 4.90 Å². The van der Waals surface area contributed by atoms with Crippen LogP contribution in [0.25, 0.3) is 0 Å². The summed E-state index contributed by atoms with van der Waals surface area (Å²) in [4.78, 5) is 38.9. The van der Waals surface area contributed by atoms with Crippen LogP contribution in [-0.2, 0) is 14.3 Å². The van der Waals surface area contributed by atoms with Crippen molar-refractivity contribution in [1.82, 2.24) is 9.80 Å². The summed E-state index contributed by atoms with van der Waals surface area (Å²) in [6.45, 7) is 3.03. The standard InChI is InChI=1S/C18H24N4O6/c1-27-15-5-4-13(22(25)26)11-14(15)19-17(23)12-20-6-8-21(9-7-20)18(24)16-3-2-10-28-16/h4-5,11,16H,2-3,6-10,12H2,1H3,(H,19,23)/t16-/m1/s1. The molecule has 0 unspecified atom stereocenters. The molecule has 3 rings (SSSR count). The molecule has 2 amide bonds. The van der Waals surface area contributed by atoms with Crippen molar-refractivity contribution in [2.75, 3.05) is 51.8 Å². The lowest BCUT2D eigenvalue weighted by Crippen LogP contribution is -2.52. The Kier molecular flexibility index (Phi) is 6.42. The van der Waals surface area contributed by atoms with E-state index in [1.54, 1.807) is 4.90 Å². The van der Waals surface area contributed by atoms with E-state index in [9.17, 15) is 19.7 Å². The van der Waals surface area contributed by atoms with Gasteiger partial charge in [-0.3, -0.25) is 24.6 Å². The van der Waals surface area contributed by atoms with E-state index in [-0.39, 0.29) is 35.8 Å². The number of non-ortho nitro benzene ring substituents is 1. The molecule has 0 aliphatic carbocycles. The minimum atomic E-state index is -0.528. The number of benzene rings is 1. The fraction of sp³-hybridized carbons (Fsp3) is 0.556. The number of amides is 2. The van der Waals surface area contributed by atoms with Crippen molar-refractivity contribution in [3.63, 3.8) is 0 Å². The fourth-order valence-corrected chi connectivity index (χ4v) is 3.40. The largest absolute Gasteiger partial charge is 0.495 e. The topological polar surface area (TPSA) is 114 Å². The number of hydrogen-bond acceptors (Lipinski definition) is 7. The van der Waals surface area contributed by atoms with Crippen LogP contribution in [0.1, 0.15) is 12.8 Å². The number of nitro groups is 1. The maximum Gasteiger partial charge on any atom is 0.271 e. The van der Waals surface area contributed by atoms with Crippen molar-refractivity contribution in [2.24, 2.45) is 0 Å². The first kappa shape index (κ1) is 20.0. The molecule has 2 saturated heterocycles. The predicted molar refractivity (Wildman–Crippen MR) is 100 cm³/mol. The third kappa shape index (κ3) is 4.76. The third-order valence-corrected chi connectivity index (χ3v) is 4.92. The number of rotatable bonds is 6. The van der Waals surface area contributed by atoms with Gasteiger partial charge < -0.3 is 19.7 Å². The molecule has 1 aromatic carbocycles. The van der Waals surface area contributed by atoms with Gasteiger partial charge in [0.2, 0.25) is 5.91 Å². The van der Waals surface area contributed by atoms with E-state index in [0.29, 0.717) is 38.5 Å². The highest BCUT2D eigenvalue weighted by molar-refractivity contribution is 5.94. The molecule has 28 heavy (non-hydrogen) atoms. The first-order valence-corrected chi connectivity index (χ1v) is 9.23. The van der Waals surface area contributed by atoms with Crippen LogP contribution in [0.5, 0.6) is 5.75 Å².